The van der Waals surface area contributed by atoms with E-state index in [1.165, 1.54) is 6.92 Å². The lowest BCUT2D eigenvalue weighted by atomic mass is 10.3. The number of carbonyl (C=O) groups excluding carboxylic acids is 1. The third-order valence-corrected chi connectivity index (χ3v) is 3.84. The molecule has 2 aromatic rings. The van der Waals surface area contributed by atoms with Crippen molar-refractivity contribution >= 4 is 23.5 Å². The van der Waals surface area contributed by atoms with Crippen LogP contribution < -0.4 is 15.0 Å². The van der Waals surface area contributed by atoms with Gasteiger partial charge in [0.25, 0.3) is 0 Å². The Hall–Kier alpha value is -2.41. The minimum atomic E-state index is -0.0856. The van der Waals surface area contributed by atoms with Gasteiger partial charge in [-0.05, 0) is 6.07 Å². The summed E-state index contributed by atoms with van der Waals surface area (Å²) in [5.41, 5.74) is 0.763. The minimum absolute atomic E-state index is 0.0558. The van der Waals surface area contributed by atoms with Crippen molar-refractivity contribution in [2.45, 2.75) is 26.0 Å². The van der Waals surface area contributed by atoms with Gasteiger partial charge in [0, 0.05) is 32.2 Å². The van der Waals surface area contributed by atoms with Crippen molar-refractivity contribution in [3.8, 4) is 5.75 Å². The van der Waals surface area contributed by atoms with Gasteiger partial charge >= 0.3 is 0 Å². The summed E-state index contributed by atoms with van der Waals surface area (Å²) in [5.74, 6) is 1.32. The highest BCUT2D eigenvalue weighted by Gasteiger charge is 2.25. The second kappa shape index (κ2) is 7.44. The maximum atomic E-state index is 11.0. The van der Waals surface area contributed by atoms with Gasteiger partial charge in [-0.3, -0.25) is 9.78 Å². The molecule has 0 aliphatic carbocycles. The second-order valence-electron chi connectivity index (χ2n) is 5.57. The Morgan fingerprint density at radius 3 is 2.96 bits per heavy atom. The summed E-state index contributed by atoms with van der Waals surface area (Å²) in [7, 11) is 0. The van der Waals surface area contributed by atoms with Crippen molar-refractivity contribution in [3.63, 3.8) is 0 Å². The Morgan fingerprint density at radius 2 is 2.21 bits per heavy atom. The van der Waals surface area contributed by atoms with Crippen molar-refractivity contribution in [1.82, 2.24) is 20.3 Å². The van der Waals surface area contributed by atoms with Gasteiger partial charge in [-0.1, -0.05) is 11.6 Å². The predicted molar refractivity (Wildman–Crippen MR) is 90.0 cm³/mol. The highest BCUT2D eigenvalue weighted by atomic mass is 35.5. The smallest absolute Gasteiger partial charge is 0.225 e. The molecule has 0 bridgehead atoms. The molecule has 1 aliphatic heterocycles. The number of anilines is 1. The normalized spacial score (nSPS) is 16.9. The first-order chi connectivity index (χ1) is 11.6. The predicted octanol–water partition coefficient (Wildman–Crippen LogP) is 1.82. The first-order valence-electron chi connectivity index (χ1n) is 7.68. The molecule has 0 spiro atoms. The van der Waals surface area contributed by atoms with Crippen molar-refractivity contribution in [2.75, 3.05) is 18.0 Å². The van der Waals surface area contributed by atoms with Crippen LogP contribution in [0.15, 0.2) is 30.7 Å². The summed E-state index contributed by atoms with van der Waals surface area (Å²) in [4.78, 5) is 25.7. The molecule has 0 radical (unpaired) electrons. The number of rotatable bonds is 5. The summed E-state index contributed by atoms with van der Waals surface area (Å²) in [6.45, 7) is 3.41. The van der Waals surface area contributed by atoms with Gasteiger partial charge in [0.2, 0.25) is 11.9 Å². The molecule has 126 valence electrons. The van der Waals surface area contributed by atoms with Crippen LogP contribution in [0.25, 0.3) is 0 Å². The molecule has 1 fully saturated rings. The van der Waals surface area contributed by atoms with Gasteiger partial charge in [-0.25, -0.2) is 9.97 Å². The second-order valence-corrected chi connectivity index (χ2v) is 6.00. The van der Waals surface area contributed by atoms with Gasteiger partial charge in [0.15, 0.2) is 0 Å². The molecule has 24 heavy (non-hydrogen) atoms. The molecule has 1 amide bonds. The van der Waals surface area contributed by atoms with Crippen LogP contribution in [0, 0.1) is 0 Å². The molecule has 0 aromatic carbocycles. The highest BCUT2D eigenvalue weighted by molar-refractivity contribution is 6.30. The average Bonchev–Trinajstić information content (AvgIpc) is 3.02. The Bertz CT molecular complexity index is 710. The first-order valence-corrected chi connectivity index (χ1v) is 8.06. The molecule has 1 N–H and O–H groups in total. The fourth-order valence-corrected chi connectivity index (χ4v) is 2.61. The van der Waals surface area contributed by atoms with E-state index in [1.807, 2.05) is 12.1 Å². The van der Waals surface area contributed by atoms with Crippen molar-refractivity contribution in [1.29, 1.82) is 0 Å². The highest BCUT2D eigenvalue weighted by Crippen LogP contribution is 2.21. The monoisotopic (exact) mass is 347 g/mol. The third-order valence-electron chi connectivity index (χ3n) is 3.64. The largest absolute Gasteiger partial charge is 0.488 e. The number of amides is 1. The van der Waals surface area contributed by atoms with Gasteiger partial charge in [0.1, 0.15) is 11.9 Å². The number of hydrogen-bond donors (Lipinski definition) is 1. The molecule has 1 aliphatic rings. The van der Waals surface area contributed by atoms with Crippen molar-refractivity contribution in [2.24, 2.45) is 0 Å². The molecule has 0 saturated carbocycles. The topological polar surface area (TPSA) is 80.2 Å². The molecular weight excluding hydrogens is 330 g/mol. The van der Waals surface area contributed by atoms with E-state index in [1.54, 1.807) is 18.6 Å². The standard InChI is InChI=1S/C16H18ClN5O2/c1-11(23)19-9-13-6-14(2-4-18-13)24-15-3-5-22(10-15)16-20-7-12(17)8-21-16/h2,4,6-8,15H,3,5,9-10H2,1H3,(H,19,23). The van der Waals surface area contributed by atoms with E-state index in [0.717, 1.165) is 24.4 Å². The van der Waals surface area contributed by atoms with Crippen LogP contribution in [0.5, 0.6) is 5.75 Å². The summed E-state index contributed by atoms with van der Waals surface area (Å²) in [6.07, 6.45) is 5.81. The number of ether oxygens (including phenoxy) is 1. The quantitative estimate of drug-likeness (QED) is 0.888. The van der Waals surface area contributed by atoms with Crippen LogP contribution in [-0.4, -0.2) is 40.1 Å². The zero-order valence-electron chi connectivity index (χ0n) is 13.3. The van der Waals surface area contributed by atoms with Gasteiger partial charge in [0.05, 0.1) is 36.2 Å². The minimum Gasteiger partial charge on any atom is -0.488 e. The van der Waals surface area contributed by atoms with E-state index in [4.69, 9.17) is 16.3 Å². The number of hydrogen-bond acceptors (Lipinski definition) is 6. The van der Waals surface area contributed by atoms with E-state index in [9.17, 15) is 4.79 Å². The van der Waals surface area contributed by atoms with Crippen LogP contribution >= 0.6 is 11.6 Å². The van der Waals surface area contributed by atoms with E-state index in [2.05, 4.69) is 25.2 Å². The summed E-state index contributed by atoms with van der Waals surface area (Å²) in [5, 5.41) is 3.25. The lowest BCUT2D eigenvalue weighted by Crippen LogP contribution is -2.26. The fourth-order valence-electron chi connectivity index (χ4n) is 2.51. The number of pyridine rings is 1. The molecule has 8 heteroatoms. The lowest BCUT2D eigenvalue weighted by molar-refractivity contribution is -0.119. The number of aromatic nitrogens is 3. The van der Waals surface area contributed by atoms with E-state index in [0.29, 0.717) is 24.1 Å². The van der Waals surface area contributed by atoms with E-state index in [-0.39, 0.29) is 12.0 Å². The van der Waals surface area contributed by atoms with Crippen LogP contribution in [0.4, 0.5) is 5.95 Å². The molecule has 2 aromatic heterocycles. The number of nitrogens with one attached hydrogen (secondary N) is 1. The zero-order valence-corrected chi connectivity index (χ0v) is 14.0. The molecule has 1 unspecified atom stereocenters. The third kappa shape index (κ3) is 4.32. The summed E-state index contributed by atoms with van der Waals surface area (Å²) in [6, 6.07) is 3.66. The summed E-state index contributed by atoms with van der Waals surface area (Å²) >= 11 is 5.81. The average molecular weight is 348 g/mol. The van der Waals surface area contributed by atoms with Gasteiger partial charge < -0.3 is 15.0 Å². The van der Waals surface area contributed by atoms with Gasteiger partial charge in [-0.2, -0.15) is 0 Å². The molecule has 3 heterocycles. The van der Waals surface area contributed by atoms with Crippen LogP contribution in [0.1, 0.15) is 19.0 Å². The lowest BCUT2D eigenvalue weighted by Gasteiger charge is -2.17. The first kappa shape index (κ1) is 16.4. The number of nitrogens with zero attached hydrogens (tertiary/aromatic N) is 4. The molecular formula is C16H18ClN5O2. The Labute approximate surface area is 145 Å². The van der Waals surface area contributed by atoms with Crippen molar-refractivity contribution < 1.29 is 9.53 Å². The zero-order chi connectivity index (χ0) is 16.9. The van der Waals surface area contributed by atoms with Crippen molar-refractivity contribution in [3.05, 3.63) is 41.4 Å². The molecule has 1 atom stereocenters. The molecule has 3 rings (SSSR count). The van der Waals surface area contributed by atoms with Gasteiger partial charge in [-0.15, -0.1) is 0 Å². The summed E-state index contributed by atoms with van der Waals surface area (Å²) < 4.78 is 6.02. The Morgan fingerprint density at radius 1 is 1.42 bits per heavy atom. The maximum absolute atomic E-state index is 11.0. The Balaban J connectivity index is 1.58. The number of halogens is 1. The van der Waals surface area contributed by atoms with Crippen LogP contribution in [0.2, 0.25) is 5.02 Å². The van der Waals surface area contributed by atoms with E-state index >= 15 is 0 Å². The van der Waals surface area contributed by atoms with E-state index < -0.39 is 0 Å². The number of carbonyl (C=O) groups is 1. The maximum Gasteiger partial charge on any atom is 0.225 e. The molecule has 1 saturated heterocycles. The van der Waals surface area contributed by atoms with Crippen LogP contribution in [-0.2, 0) is 11.3 Å². The Kier molecular flexibility index (Phi) is 5.10. The SMILES string of the molecule is CC(=O)NCc1cc(OC2CCN(c3ncc(Cl)cn3)C2)ccn1. The molecule has 7 nitrogen and oxygen atoms in total. The van der Waals surface area contributed by atoms with Crippen LogP contribution in [0.3, 0.4) is 0 Å². The fraction of sp³-hybridized carbons (Fsp3) is 0.375.